The first-order chi connectivity index (χ1) is 26.6. The molecule has 5 rings (SSSR count). The van der Waals surface area contributed by atoms with Crippen LogP contribution in [0.5, 0.6) is 11.5 Å². The molecule has 0 spiro atoms. The van der Waals surface area contributed by atoms with E-state index >= 15 is 8.78 Å². The summed E-state index contributed by atoms with van der Waals surface area (Å²) in [5.41, 5.74) is 1.25. The van der Waals surface area contributed by atoms with E-state index in [-0.39, 0.29) is 54.2 Å². The number of carbonyl (C=O) groups is 2. The number of fused-ring (bicyclic) bond motifs is 1. The van der Waals surface area contributed by atoms with Crippen molar-refractivity contribution in [2.24, 2.45) is 5.41 Å². The smallest absolute Gasteiger partial charge is 0.321 e. The molecule has 56 heavy (non-hydrogen) atoms. The van der Waals surface area contributed by atoms with Crippen molar-refractivity contribution in [3.05, 3.63) is 102 Å². The molecule has 0 aliphatic heterocycles. The lowest BCUT2D eigenvalue weighted by atomic mass is 9.75. The lowest BCUT2D eigenvalue weighted by Gasteiger charge is -2.31. The molecule has 2 aromatic heterocycles. The van der Waals surface area contributed by atoms with Crippen LogP contribution in [0.15, 0.2) is 67.4 Å². The van der Waals surface area contributed by atoms with E-state index in [1.54, 1.807) is 26.1 Å². The van der Waals surface area contributed by atoms with Gasteiger partial charge in [0.2, 0.25) is 0 Å². The van der Waals surface area contributed by atoms with Gasteiger partial charge in [0.05, 0.1) is 29.9 Å². The molecule has 5 aromatic rings. The lowest BCUT2D eigenvalue weighted by molar-refractivity contribution is -0.143. The summed E-state index contributed by atoms with van der Waals surface area (Å²) in [6, 6.07) is 14.8. The second-order valence-electron chi connectivity index (χ2n) is 14.7. The zero-order valence-corrected chi connectivity index (χ0v) is 33.2. The number of H-pyrrole nitrogens is 2. The zero-order valence-electron chi connectivity index (χ0n) is 32.3. The number of aromatic amines is 2. The van der Waals surface area contributed by atoms with Crippen LogP contribution < -0.4 is 4.74 Å². The van der Waals surface area contributed by atoms with Crippen LogP contribution in [0.25, 0.3) is 28.4 Å². The van der Waals surface area contributed by atoms with Crippen LogP contribution in [0, 0.1) is 17.0 Å². The maximum atomic E-state index is 15.5. The highest BCUT2D eigenvalue weighted by Gasteiger charge is 2.35. The van der Waals surface area contributed by atoms with Crippen molar-refractivity contribution < 1.29 is 41.0 Å². The Kier molecular flexibility index (Phi) is 13.1. The first kappa shape index (κ1) is 41.8. The molecule has 0 radical (unpaired) electrons. The number of nitrogens with zero attached hydrogens (tertiary/aromatic N) is 2. The lowest BCUT2D eigenvalue weighted by Crippen LogP contribution is -2.30. The number of benzene rings is 3. The molecule has 0 aliphatic carbocycles. The number of nitrogens with one attached hydrogen (secondary N) is 2. The number of aryl methyl sites for hydroxylation is 1. The summed E-state index contributed by atoms with van der Waals surface area (Å²) in [6.07, 6.45) is 5.33. The summed E-state index contributed by atoms with van der Waals surface area (Å²) in [6.45, 7) is 13.2. The van der Waals surface area contributed by atoms with Gasteiger partial charge < -0.3 is 19.2 Å². The first-order valence-electron chi connectivity index (χ1n) is 18.5. The van der Waals surface area contributed by atoms with Crippen LogP contribution in [0.3, 0.4) is 0 Å². The molecule has 1 unspecified atom stereocenters. The molecular formula is C42H48F2N4O7S. The normalized spacial score (nSPS) is 13.0. The number of rotatable bonds is 19. The number of halogens is 2. The molecule has 0 saturated heterocycles. The fourth-order valence-corrected chi connectivity index (χ4v) is 8.82. The number of ether oxygens (including phenoxy) is 3. The number of esters is 2. The van der Waals surface area contributed by atoms with Gasteiger partial charge in [-0.25, -0.2) is 22.2 Å². The van der Waals surface area contributed by atoms with Gasteiger partial charge in [-0.2, -0.15) is 5.10 Å². The molecule has 0 bridgehead atoms. The van der Waals surface area contributed by atoms with Crippen LogP contribution in [0.4, 0.5) is 8.78 Å². The molecule has 2 heterocycles. The maximum Gasteiger partial charge on any atom is 0.321 e. The monoisotopic (exact) mass is 790 g/mol. The van der Waals surface area contributed by atoms with Crippen molar-refractivity contribution in [3.63, 3.8) is 0 Å². The highest BCUT2D eigenvalue weighted by Crippen LogP contribution is 2.40. The molecule has 3 aromatic carbocycles. The Bertz CT molecular complexity index is 2320. The molecule has 298 valence electrons. The number of aromatic nitrogens is 4. The molecule has 14 heteroatoms. The molecule has 1 atom stereocenters. The first-order valence-corrected chi connectivity index (χ1v) is 20.3. The average molecular weight is 791 g/mol. The van der Waals surface area contributed by atoms with Crippen LogP contribution >= 0.6 is 0 Å². The van der Waals surface area contributed by atoms with Crippen LogP contribution in [0.1, 0.15) is 82.8 Å². The third-order valence-electron chi connectivity index (χ3n) is 9.68. The summed E-state index contributed by atoms with van der Waals surface area (Å²) in [5.74, 6) is -2.66. The van der Waals surface area contributed by atoms with E-state index in [0.29, 0.717) is 48.0 Å². The Balaban J connectivity index is 1.45. The SMILES string of the molecule is C=Cc1c(Oc2ccc(F)c(-c3n[nH]c(C(C)(CCCC(C)(C)CS(=O)(=O)CC(=O)OCC)c4cccc(CCC(=O)OCC)c4)n3)c2)c(F)cc2[nH]ccc12. The highest BCUT2D eigenvalue weighted by atomic mass is 32.2. The van der Waals surface area contributed by atoms with E-state index in [1.165, 1.54) is 30.3 Å². The van der Waals surface area contributed by atoms with Crippen LogP contribution in [-0.2, 0) is 40.7 Å². The summed E-state index contributed by atoms with van der Waals surface area (Å²) < 4.78 is 72.5. The van der Waals surface area contributed by atoms with Crippen molar-refractivity contribution >= 4 is 38.8 Å². The van der Waals surface area contributed by atoms with Crippen molar-refractivity contribution in [2.45, 2.75) is 72.1 Å². The Morgan fingerprint density at radius 2 is 1.70 bits per heavy atom. The van der Waals surface area contributed by atoms with Gasteiger partial charge in [0.25, 0.3) is 0 Å². The minimum absolute atomic E-state index is 0.0201. The second kappa shape index (κ2) is 17.6. The van der Waals surface area contributed by atoms with Gasteiger partial charge in [0, 0.05) is 35.2 Å². The van der Waals surface area contributed by atoms with Gasteiger partial charge in [0.15, 0.2) is 27.2 Å². The van der Waals surface area contributed by atoms with Gasteiger partial charge in [0.1, 0.15) is 23.1 Å². The molecular weight excluding hydrogens is 743 g/mol. The molecule has 2 N–H and O–H groups in total. The Hall–Kier alpha value is -5.37. The average Bonchev–Trinajstić information content (AvgIpc) is 3.82. The van der Waals surface area contributed by atoms with Gasteiger partial charge in [-0.3, -0.25) is 14.7 Å². The Labute approximate surface area is 325 Å². The van der Waals surface area contributed by atoms with E-state index in [1.807, 2.05) is 45.0 Å². The van der Waals surface area contributed by atoms with Crippen molar-refractivity contribution in [1.29, 1.82) is 0 Å². The second-order valence-corrected chi connectivity index (χ2v) is 16.8. The van der Waals surface area contributed by atoms with Crippen molar-refractivity contribution in [1.82, 2.24) is 20.2 Å². The molecule has 0 saturated carbocycles. The summed E-state index contributed by atoms with van der Waals surface area (Å²) in [5, 5.41) is 8.15. The molecule has 0 amide bonds. The van der Waals surface area contributed by atoms with Gasteiger partial charge >= 0.3 is 11.9 Å². The van der Waals surface area contributed by atoms with Crippen LogP contribution in [0.2, 0.25) is 0 Å². The highest BCUT2D eigenvalue weighted by molar-refractivity contribution is 7.92. The molecule has 11 nitrogen and oxygen atoms in total. The van der Waals surface area contributed by atoms with E-state index in [0.717, 1.165) is 11.1 Å². The largest absolute Gasteiger partial charge is 0.466 e. The van der Waals surface area contributed by atoms with E-state index < -0.39 is 44.0 Å². The number of hydrogen-bond acceptors (Lipinski definition) is 9. The minimum atomic E-state index is -3.74. The number of carbonyl (C=O) groups excluding carboxylic acids is 2. The van der Waals surface area contributed by atoms with Gasteiger partial charge in [-0.15, -0.1) is 0 Å². The summed E-state index contributed by atoms with van der Waals surface area (Å²) in [7, 11) is -3.74. The number of sulfone groups is 1. The predicted octanol–water partition coefficient (Wildman–Crippen LogP) is 8.64. The molecule has 0 fully saturated rings. The standard InChI is InChI=1S/C42H48F2N4O7S/c1-7-30-31-18-21-45-35(31)24-34(44)38(30)55-29-15-16-33(43)32(23-29)39-46-40(48-47-39)42(6,28-13-10-12-27(22-28)14-17-36(49)53-8-2)20-11-19-41(4,5)26-56(51,52)25-37(50)54-9-3/h7,10,12-13,15-16,18,21-24,45H,1,8-9,11,14,17,19-20,25-26H2,2-6H3,(H,46,47,48). The Morgan fingerprint density at radius 3 is 2.43 bits per heavy atom. The number of hydrogen-bond donors (Lipinski definition) is 2. The summed E-state index contributed by atoms with van der Waals surface area (Å²) >= 11 is 0. The topological polar surface area (TPSA) is 153 Å². The molecule has 0 aliphatic rings. The van der Waals surface area contributed by atoms with E-state index in [2.05, 4.69) is 21.8 Å². The fraction of sp³-hybridized carbons (Fsp3) is 0.381. The van der Waals surface area contributed by atoms with Crippen molar-refractivity contribution in [2.75, 3.05) is 24.7 Å². The fourth-order valence-electron chi connectivity index (χ4n) is 6.94. The predicted molar refractivity (Wildman–Crippen MR) is 211 cm³/mol. The minimum Gasteiger partial charge on any atom is -0.466 e. The summed E-state index contributed by atoms with van der Waals surface area (Å²) in [4.78, 5) is 31.9. The third-order valence-corrected chi connectivity index (χ3v) is 11.6. The van der Waals surface area contributed by atoms with E-state index in [9.17, 15) is 18.0 Å². The zero-order chi connectivity index (χ0) is 40.7. The van der Waals surface area contributed by atoms with Crippen LogP contribution in [-0.4, -0.2) is 65.2 Å². The van der Waals surface area contributed by atoms with E-state index in [4.69, 9.17) is 19.2 Å². The maximum absolute atomic E-state index is 15.5. The quantitative estimate of drug-likeness (QED) is 0.0783. The Morgan fingerprint density at radius 1 is 0.946 bits per heavy atom. The van der Waals surface area contributed by atoms with Gasteiger partial charge in [-0.05, 0) is 80.8 Å². The van der Waals surface area contributed by atoms with Crippen molar-refractivity contribution in [3.8, 4) is 22.9 Å². The van der Waals surface area contributed by atoms with Gasteiger partial charge in [-0.1, -0.05) is 57.2 Å². The third kappa shape index (κ3) is 10.1.